The summed E-state index contributed by atoms with van der Waals surface area (Å²) in [5, 5.41) is 0. The number of amides is 1. The summed E-state index contributed by atoms with van der Waals surface area (Å²) < 4.78 is 34.3. The summed E-state index contributed by atoms with van der Waals surface area (Å²) in [6.45, 7) is 4.42. The van der Waals surface area contributed by atoms with Crippen LogP contribution in [0.4, 0.5) is 5.69 Å². The molecule has 0 aromatic heterocycles. The number of halogens is 1. The minimum atomic E-state index is -3.84. The Hall–Kier alpha value is -2.06. The van der Waals surface area contributed by atoms with Crippen LogP contribution in [-0.2, 0) is 10.0 Å². The third-order valence-electron chi connectivity index (χ3n) is 5.11. The van der Waals surface area contributed by atoms with E-state index in [1.165, 1.54) is 12.1 Å². The molecule has 8 heteroatoms. The molecule has 156 valence electrons. The number of sulfonamides is 1. The average molecular weight is 481 g/mol. The van der Waals surface area contributed by atoms with E-state index in [4.69, 9.17) is 4.74 Å². The number of nitrogens with zero attached hydrogens (tertiary/aromatic N) is 1. The molecule has 1 fully saturated rings. The quantitative estimate of drug-likeness (QED) is 0.602. The molecule has 0 aliphatic heterocycles. The van der Waals surface area contributed by atoms with E-state index in [0.29, 0.717) is 34.0 Å². The van der Waals surface area contributed by atoms with Crippen LogP contribution in [0, 0.1) is 5.92 Å². The largest absolute Gasteiger partial charge is 0.493 e. The highest BCUT2D eigenvalue weighted by Crippen LogP contribution is 2.35. The molecule has 1 aliphatic rings. The van der Waals surface area contributed by atoms with Gasteiger partial charge in [0.2, 0.25) is 0 Å². The number of carbonyl (C=O) groups is 1. The van der Waals surface area contributed by atoms with Gasteiger partial charge in [-0.05, 0) is 84.9 Å². The highest BCUT2D eigenvalue weighted by molar-refractivity contribution is 9.10. The lowest BCUT2D eigenvalue weighted by molar-refractivity contribution is 0.0727. The van der Waals surface area contributed by atoms with Gasteiger partial charge in [0.25, 0.3) is 15.9 Å². The first-order valence-corrected chi connectivity index (χ1v) is 11.8. The number of ether oxygens (including phenoxy) is 1. The van der Waals surface area contributed by atoms with E-state index in [1.807, 2.05) is 13.8 Å². The van der Waals surface area contributed by atoms with Crippen LogP contribution in [0.2, 0.25) is 0 Å². The lowest BCUT2D eigenvalue weighted by Crippen LogP contribution is -2.36. The van der Waals surface area contributed by atoms with Crippen molar-refractivity contribution in [1.29, 1.82) is 0 Å². The molecule has 1 unspecified atom stereocenters. The van der Waals surface area contributed by atoms with Gasteiger partial charge in [-0.1, -0.05) is 6.07 Å². The summed E-state index contributed by atoms with van der Waals surface area (Å²) in [6, 6.07) is 11.2. The third kappa shape index (κ3) is 5.11. The van der Waals surface area contributed by atoms with Crippen LogP contribution < -0.4 is 9.46 Å². The second-order valence-corrected chi connectivity index (χ2v) is 9.74. The van der Waals surface area contributed by atoms with E-state index in [0.717, 1.165) is 12.8 Å². The molecule has 1 aliphatic carbocycles. The second kappa shape index (κ2) is 8.75. The summed E-state index contributed by atoms with van der Waals surface area (Å²) in [4.78, 5) is 14.5. The summed E-state index contributed by atoms with van der Waals surface area (Å²) in [5.74, 6) is 0.997. The Morgan fingerprint density at radius 1 is 1.28 bits per heavy atom. The van der Waals surface area contributed by atoms with Gasteiger partial charge in [0, 0.05) is 18.7 Å². The van der Waals surface area contributed by atoms with Gasteiger partial charge in [-0.3, -0.25) is 9.52 Å². The third-order valence-corrected chi connectivity index (χ3v) is 7.11. The van der Waals surface area contributed by atoms with E-state index in [-0.39, 0.29) is 16.8 Å². The fourth-order valence-electron chi connectivity index (χ4n) is 3.13. The predicted octanol–water partition coefficient (Wildman–Crippen LogP) is 4.52. The summed E-state index contributed by atoms with van der Waals surface area (Å²) in [7, 11) is -2.08. The van der Waals surface area contributed by atoms with Gasteiger partial charge in [-0.25, -0.2) is 8.42 Å². The smallest absolute Gasteiger partial charge is 0.261 e. The molecule has 2 aromatic carbocycles. The van der Waals surface area contributed by atoms with Crippen LogP contribution in [-0.4, -0.2) is 38.9 Å². The van der Waals surface area contributed by atoms with Crippen LogP contribution in [0.1, 0.15) is 37.0 Å². The van der Waals surface area contributed by atoms with E-state index in [9.17, 15) is 13.2 Å². The van der Waals surface area contributed by atoms with Gasteiger partial charge in [0.1, 0.15) is 5.75 Å². The first kappa shape index (κ1) is 21.6. The number of hydrogen-bond acceptors (Lipinski definition) is 4. The molecule has 0 radical (unpaired) electrons. The molecule has 0 heterocycles. The van der Waals surface area contributed by atoms with Crippen molar-refractivity contribution in [3.63, 3.8) is 0 Å². The normalized spacial score (nSPS) is 14.9. The first-order valence-electron chi connectivity index (χ1n) is 9.55. The SMILES string of the molecule is CCOc1ccc(NS(=O)(=O)c2cccc(C(=O)N(C)C(C)C3CC3)c2)cc1Br. The second-order valence-electron chi connectivity index (χ2n) is 7.21. The Labute approximate surface area is 180 Å². The van der Waals surface area contributed by atoms with Crippen molar-refractivity contribution in [3.05, 3.63) is 52.5 Å². The molecule has 0 bridgehead atoms. The first-order chi connectivity index (χ1) is 13.7. The van der Waals surface area contributed by atoms with Crippen LogP contribution in [0.5, 0.6) is 5.75 Å². The average Bonchev–Trinajstić information content (AvgIpc) is 3.53. The van der Waals surface area contributed by atoms with Crippen LogP contribution in [0.15, 0.2) is 51.8 Å². The fourth-order valence-corrected chi connectivity index (χ4v) is 4.72. The summed E-state index contributed by atoms with van der Waals surface area (Å²) >= 11 is 3.38. The number of rotatable bonds is 8. The van der Waals surface area contributed by atoms with E-state index < -0.39 is 10.0 Å². The Kier molecular flexibility index (Phi) is 6.53. The Morgan fingerprint density at radius 3 is 2.62 bits per heavy atom. The molecular formula is C21H25BrN2O4S. The standard InChI is InChI=1S/C21H25BrN2O4S/c1-4-28-20-11-10-17(13-19(20)22)23-29(26,27)18-7-5-6-16(12-18)21(25)24(3)14(2)15-8-9-15/h5-7,10-15,23H,4,8-9H2,1-3H3. The molecule has 0 saturated heterocycles. The van der Waals surface area contributed by atoms with Crippen molar-refractivity contribution in [2.75, 3.05) is 18.4 Å². The maximum absolute atomic E-state index is 12.8. The van der Waals surface area contributed by atoms with Gasteiger partial charge in [-0.2, -0.15) is 0 Å². The number of nitrogens with one attached hydrogen (secondary N) is 1. The Morgan fingerprint density at radius 2 is 2.00 bits per heavy atom. The van der Waals surface area contributed by atoms with Crippen LogP contribution >= 0.6 is 15.9 Å². The predicted molar refractivity (Wildman–Crippen MR) is 117 cm³/mol. The lowest BCUT2D eigenvalue weighted by Gasteiger charge is -2.25. The van der Waals surface area contributed by atoms with Crippen LogP contribution in [0.25, 0.3) is 0 Å². The van der Waals surface area contributed by atoms with Crippen molar-refractivity contribution in [2.24, 2.45) is 5.92 Å². The topological polar surface area (TPSA) is 75.7 Å². The van der Waals surface area contributed by atoms with Crippen molar-refractivity contribution < 1.29 is 17.9 Å². The van der Waals surface area contributed by atoms with Gasteiger partial charge in [-0.15, -0.1) is 0 Å². The zero-order valence-corrected chi connectivity index (χ0v) is 19.1. The van der Waals surface area contributed by atoms with E-state index in [2.05, 4.69) is 20.7 Å². The number of carbonyl (C=O) groups excluding carboxylic acids is 1. The van der Waals surface area contributed by atoms with E-state index in [1.54, 1.807) is 42.3 Å². The summed E-state index contributed by atoms with van der Waals surface area (Å²) in [6.07, 6.45) is 2.27. The van der Waals surface area contributed by atoms with Crippen molar-refractivity contribution in [1.82, 2.24) is 4.90 Å². The zero-order valence-electron chi connectivity index (χ0n) is 16.7. The van der Waals surface area contributed by atoms with Gasteiger partial charge in [0.05, 0.1) is 21.7 Å². The van der Waals surface area contributed by atoms with Crippen molar-refractivity contribution >= 4 is 37.5 Å². The van der Waals surface area contributed by atoms with Gasteiger partial charge < -0.3 is 9.64 Å². The highest BCUT2D eigenvalue weighted by Gasteiger charge is 2.33. The Bertz CT molecular complexity index is 1010. The van der Waals surface area contributed by atoms with E-state index >= 15 is 0 Å². The molecule has 1 atom stereocenters. The summed E-state index contributed by atoms with van der Waals surface area (Å²) in [5.41, 5.74) is 0.757. The number of benzene rings is 2. The van der Waals surface area contributed by atoms with Gasteiger partial charge in [0.15, 0.2) is 0 Å². The molecule has 3 rings (SSSR count). The number of anilines is 1. The van der Waals surface area contributed by atoms with Crippen LogP contribution in [0.3, 0.4) is 0 Å². The number of hydrogen-bond donors (Lipinski definition) is 1. The molecule has 1 saturated carbocycles. The lowest BCUT2D eigenvalue weighted by atomic mass is 10.1. The van der Waals surface area contributed by atoms with Gasteiger partial charge >= 0.3 is 0 Å². The fraction of sp³-hybridized carbons (Fsp3) is 0.381. The minimum Gasteiger partial charge on any atom is -0.493 e. The molecule has 2 aromatic rings. The minimum absolute atomic E-state index is 0.0424. The molecule has 29 heavy (non-hydrogen) atoms. The molecule has 1 amide bonds. The molecule has 6 nitrogen and oxygen atoms in total. The molecule has 0 spiro atoms. The highest BCUT2D eigenvalue weighted by atomic mass is 79.9. The Balaban J connectivity index is 1.79. The maximum atomic E-state index is 12.8. The zero-order chi connectivity index (χ0) is 21.2. The monoisotopic (exact) mass is 480 g/mol. The molecule has 1 N–H and O–H groups in total. The maximum Gasteiger partial charge on any atom is 0.261 e. The van der Waals surface area contributed by atoms with Crippen molar-refractivity contribution in [3.8, 4) is 5.75 Å². The van der Waals surface area contributed by atoms with Crippen molar-refractivity contribution in [2.45, 2.75) is 37.6 Å². The molecular weight excluding hydrogens is 456 g/mol.